The number of carbonyl (C=O) groups is 4. The van der Waals surface area contributed by atoms with E-state index in [1.54, 1.807) is 43.6 Å². The number of aromatic hydroxyl groups is 1. The van der Waals surface area contributed by atoms with Gasteiger partial charge in [-0.15, -0.1) is 0 Å². The fraction of sp³-hybridized carbons (Fsp3) is 0.217. The predicted octanol–water partition coefficient (Wildman–Crippen LogP) is 2.88. The number of aryl methyl sites for hydroxylation is 1. The summed E-state index contributed by atoms with van der Waals surface area (Å²) in [4.78, 5) is 54.0. The first-order valence-electron chi connectivity index (χ1n) is 10.3. The topological polar surface area (TPSA) is 130 Å². The number of aromatic carboxylic acids is 1. The van der Waals surface area contributed by atoms with E-state index in [4.69, 9.17) is 0 Å². The van der Waals surface area contributed by atoms with Gasteiger partial charge < -0.3 is 15.5 Å². The van der Waals surface area contributed by atoms with Gasteiger partial charge in [-0.25, -0.2) is 19.3 Å². The third-order valence-corrected chi connectivity index (χ3v) is 6.67. The maximum absolute atomic E-state index is 13.3. The zero-order valence-electron chi connectivity index (χ0n) is 18.4. The number of imide groups is 1. The van der Waals surface area contributed by atoms with E-state index in [0.29, 0.717) is 16.7 Å². The number of rotatable bonds is 6. The lowest BCUT2D eigenvalue weighted by Crippen LogP contribution is -2.62. The van der Waals surface area contributed by atoms with Crippen LogP contribution in [0.1, 0.15) is 27.0 Å². The van der Waals surface area contributed by atoms with Crippen LogP contribution in [0.4, 0.5) is 9.59 Å². The molecule has 1 saturated heterocycles. The van der Waals surface area contributed by atoms with E-state index in [2.05, 4.69) is 5.32 Å². The summed E-state index contributed by atoms with van der Waals surface area (Å²) in [5.41, 5.74) is 1.35. The number of carboxylic acid groups (broad SMARTS) is 1. The summed E-state index contributed by atoms with van der Waals surface area (Å²) in [6.07, 6.45) is 0. The van der Waals surface area contributed by atoms with Crippen LogP contribution in [-0.4, -0.2) is 61.4 Å². The van der Waals surface area contributed by atoms with E-state index in [9.17, 15) is 29.4 Å². The number of hydrogen-bond donors (Lipinski definition) is 3. The van der Waals surface area contributed by atoms with Gasteiger partial charge in [0, 0.05) is 19.0 Å². The Morgan fingerprint density at radius 3 is 2.53 bits per heavy atom. The van der Waals surface area contributed by atoms with Gasteiger partial charge in [-0.1, -0.05) is 36.0 Å². The molecular formula is C23H22N4O6S. The molecule has 1 atom stereocenters. The smallest absolute Gasteiger partial charge is 0.335 e. The van der Waals surface area contributed by atoms with Gasteiger partial charge in [0.1, 0.15) is 11.4 Å². The number of phenols is 1. The molecule has 11 heteroatoms. The van der Waals surface area contributed by atoms with Gasteiger partial charge in [0.25, 0.3) is 5.91 Å². The summed E-state index contributed by atoms with van der Waals surface area (Å²) in [5.74, 6) is -1.47. The molecule has 176 valence electrons. The number of thioether (sulfide) groups is 1. The standard InChI is InChI=1S/C23H22N4O6S/c1-13-8-15(6-7-17(13)20(30)31)11-26-21(32)25(2)23-27(22(26)33)18(12-34-23)19(29)24-10-14-4-3-5-16(28)9-14/h3-9,12,23,28H,10-11H2,1-2H3,(H,24,29)(H,30,31). The first-order valence-corrected chi connectivity index (χ1v) is 11.2. The van der Waals surface area contributed by atoms with Crippen molar-refractivity contribution in [2.45, 2.75) is 25.5 Å². The SMILES string of the molecule is Cc1cc(CN2C(=O)N(C)C3SC=C(C(=O)NCc4cccc(O)c4)N3C2=O)ccc1C(=O)O. The molecule has 2 aliphatic rings. The van der Waals surface area contributed by atoms with Gasteiger partial charge in [0.05, 0.1) is 12.1 Å². The highest BCUT2D eigenvalue weighted by Crippen LogP contribution is 2.37. The molecule has 10 nitrogen and oxygen atoms in total. The number of carboxylic acids is 1. The molecule has 2 heterocycles. The highest BCUT2D eigenvalue weighted by atomic mass is 32.2. The predicted molar refractivity (Wildman–Crippen MR) is 123 cm³/mol. The number of fused-ring (bicyclic) bond motifs is 1. The normalized spacial score (nSPS) is 17.5. The third-order valence-electron chi connectivity index (χ3n) is 5.54. The van der Waals surface area contributed by atoms with Crippen LogP contribution in [0.25, 0.3) is 0 Å². The summed E-state index contributed by atoms with van der Waals surface area (Å²) in [6, 6.07) is 9.91. The summed E-state index contributed by atoms with van der Waals surface area (Å²) in [7, 11) is 1.55. The van der Waals surface area contributed by atoms with Gasteiger partial charge in [0.15, 0.2) is 5.50 Å². The van der Waals surface area contributed by atoms with Gasteiger partial charge >= 0.3 is 18.0 Å². The van der Waals surface area contributed by atoms with E-state index >= 15 is 0 Å². The quantitative estimate of drug-likeness (QED) is 0.577. The number of hydrogen-bond acceptors (Lipinski definition) is 6. The Bertz CT molecular complexity index is 1230. The van der Waals surface area contributed by atoms with E-state index in [1.807, 2.05) is 0 Å². The van der Waals surface area contributed by atoms with E-state index in [0.717, 1.165) is 4.90 Å². The van der Waals surface area contributed by atoms with Crippen molar-refractivity contribution in [3.05, 3.63) is 75.8 Å². The Balaban J connectivity index is 1.51. The van der Waals surface area contributed by atoms with Crippen LogP contribution in [0.3, 0.4) is 0 Å². The number of nitrogens with one attached hydrogen (secondary N) is 1. The maximum atomic E-state index is 13.3. The molecule has 0 aromatic heterocycles. The number of benzene rings is 2. The second kappa shape index (κ2) is 9.10. The van der Waals surface area contributed by atoms with Crippen LogP contribution >= 0.6 is 11.8 Å². The lowest BCUT2D eigenvalue weighted by molar-refractivity contribution is -0.119. The van der Waals surface area contributed by atoms with Crippen molar-refractivity contribution >= 4 is 35.7 Å². The lowest BCUT2D eigenvalue weighted by Gasteiger charge is -2.42. The van der Waals surface area contributed by atoms with Crippen LogP contribution in [0, 0.1) is 6.92 Å². The van der Waals surface area contributed by atoms with Crippen molar-refractivity contribution in [3.63, 3.8) is 0 Å². The Morgan fingerprint density at radius 1 is 1.09 bits per heavy atom. The largest absolute Gasteiger partial charge is 0.508 e. The average molecular weight is 483 g/mol. The fourth-order valence-electron chi connectivity index (χ4n) is 3.80. The molecule has 2 aliphatic heterocycles. The average Bonchev–Trinajstić information content (AvgIpc) is 3.24. The van der Waals surface area contributed by atoms with Gasteiger partial charge in [0.2, 0.25) is 0 Å². The molecule has 5 amide bonds. The highest BCUT2D eigenvalue weighted by Gasteiger charge is 2.48. The Labute approximate surface area is 199 Å². The van der Waals surface area contributed by atoms with Crippen molar-refractivity contribution in [1.82, 2.24) is 20.0 Å². The first kappa shape index (κ1) is 23.2. The molecule has 0 bridgehead atoms. The number of nitrogens with zero attached hydrogens (tertiary/aromatic N) is 3. The highest BCUT2D eigenvalue weighted by molar-refractivity contribution is 8.03. The summed E-state index contributed by atoms with van der Waals surface area (Å²) in [5, 5.41) is 23.1. The number of amides is 5. The summed E-state index contributed by atoms with van der Waals surface area (Å²) in [6.45, 7) is 1.72. The molecule has 3 N–H and O–H groups in total. The van der Waals surface area contributed by atoms with E-state index in [1.165, 1.54) is 39.8 Å². The number of phenolic OH excluding ortho intramolecular Hbond substituents is 1. The number of urea groups is 2. The van der Waals surface area contributed by atoms with Crippen molar-refractivity contribution < 1.29 is 29.4 Å². The third kappa shape index (κ3) is 4.29. The van der Waals surface area contributed by atoms with Crippen LogP contribution in [0.5, 0.6) is 5.75 Å². The Morgan fingerprint density at radius 2 is 1.85 bits per heavy atom. The van der Waals surface area contributed by atoms with Crippen molar-refractivity contribution in [1.29, 1.82) is 0 Å². The second-order valence-electron chi connectivity index (χ2n) is 7.90. The summed E-state index contributed by atoms with van der Waals surface area (Å²) >= 11 is 1.17. The summed E-state index contributed by atoms with van der Waals surface area (Å²) < 4.78 is 0. The first-order chi connectivity index (χ1) is 16.2. The minimum Gasteiger partial charge on any atom is -0.508 e. The Hall–Kier alpha value is -3.99. The molecule has 0 radical (unpaired) electrons. The van der Waals surface area contributed by atoms with Crippen LogP contribution in [0.15, 0.2) is 53.6 Å². The minimum atomic E-state index is -1.06. The minimum absolute atomic E-state index is 0.0746. The van der Waals surface area contributed by atoms with Gasteiger partial charge in [-0.05, 0) is 41.8 Å². The molecule has 1 unspecified atom stereocenters. The van der Waals surface area contributed by atoms with Crippen molar-refractivity contribution in [3.8, 4) is 5.75 Å². The van der Waals surface area contributed by atoms with Crippen LogP contribution in [0.2, 0.25) is 0 Å². The molecule has 1 fully saturated rings. The zero-order valence-corrected chi connectivity index (χ0v) is 19.2. The van der Waals surface area contributed by atoms with Gasteiger partial charge in [-0.2, -0.15) is 0 Å². The molecule has 4 rings (SSSR count). The molecule has 34 heavy (non-hydrogen) atoms. The fourth-order valence-corrected chi connectivity index (χ4v) is 4.87. The molecular weight excluding hydrogens is 460 g/mol. The van der Waals surface area contributed by atoms with Crippen LogP contribution < -0.4 is 5.32 Å². The maximum Gasteiger partial charge on any atom is 0.335 e. The van der Waals surface area contributed by atoms with Gasteiger partial charge in [-0.3, -0.25) is 14.6 Å². The number of carbonyl (C=O) groups excluding carboxylic acids is 3. The molecule has 2 aromatic carbocycles. The monoisotopic (exact) mass is 482 g/mol. The Kier molecular flexibility index (Phi) is 6.20. The molecule has 0 spiro atoms. The van der Waals surface area contributed by atoms with Crippen molar-refractivity contribution in [2.75, 3.05) is 7.05 Å². The second-order valence-corrected chi connectivity index (χ2v) is 8.83. The molecule has 2 aromatic rings. The van der Waals surface area contributed by atoms with E-state index < -0.39 is 29.4 Å². The zero-order chi connectivity index (χ0) is 24.6. The van der Waals surface area contributed by atoms with Crippen molar-refractivity contribution in [2.24, 2.45) is 0 Å². The molecule has 0 aliphatic carbocycles. The lowest BCUT2D eigenvalue weighted by atomic mass is 10.0. The molecule has 0 saturated carbocycles. The van der Waals surface area contributed by atoms with E-state index in [-0.39, 0.29) is 30.1 Å². The van der Waals surface area contributed by atoms with Crippen LogP contribution in [-0.2, 0) is 17.9 Å².